The maximum atomic E-state index is 5.97. The first kappa shape index (κ1) is 16.2. The molecular formula is C16H25NO4. The van der Waals surface area contributed by atoms with E-state index in [1.165, 1.54) is 0 Å². The second-order valence-corrected chi connectivity index (χ2v) is 5.16. The topological polar surface area (TPSA) is 49.0 Å². The van der Waals surface area contributed by atoms with Gasteiger partial charge in [0.2, 0.25) is 0 Å². The van der Waals surface area contributed by atoms with Crippen LogP contribution in [0.15, 0.2) is 24.3 Å². The fourth-order valence-corrected chi connectivity index (χ4v) is 2.44. The van der Waals surface area contributed by atoms with Crippen molar-refractivity contribution in [2.45, 2.75) is 31.3 Å². The van der Waals surface area contributed by atoms with Crippen molar-refractivity contribution in [3.05, 3.63) is 29.8 Å². The summed E-state index contributed by atoms with van der Waals surface area (Å²) in [6.45, 7) is 1.80. The third-order valence-corrected chi connectivity index (χ3v) is 3.84. The number of likely N-dealkylation sites (N-methyl/N-ethyl adjacent to an activating group) is 1. The lowest BCUT2D eigenvalue weighted by atomic mass is 9.85. The van der Waals surface area contributed by atoms with Crippen LogP contribution < -0.4 is 10.1 Å². The summed E-state index contributed by atoms with van der Waals surface area (Å²) < 4.78 is 22.0. The van der Waals surface area contributed by atoms with E-state index in [1.54, 1.807) is 14.2 Å². The molecular weight excluding hydrogens is 270 g/mol. The average molecular weight is 295 g/mol. The van der Waals surface area contributed by atoms with E-state index in [2.05, 4.69) is 5.32 Å². The van der Waals surface area contributed by atoms with Crippen molar-refractivity contribution < 1.29 is 18.9 Å². The Balaban J connectivity index is 1.78. The minimum Gasteiger partial charge on any atom is -0.497 e. The van der Waals surface area contributed by atoms with Gasteiger partial charge in [-0.2, -0.15) is 0 Å². The van der Waals surface area contributed by atoms with Crippen molar-refractivity contribution >= 4 is 0 Å². The molecule has 3 atom stereocenters. The summed E-state index contributed by atoms with van der Waals surface area (Å²) in [5.41, 5.74) is 1.14. The summed E-state index contributed by atoms with van der Waals surface area (Å²) in [5.74, 6) is 0.860. The highest BCUT2D eigenvalue weighted by molar-refractivity contribution is 5.26. The molecule has 1 aromatic rings. The number of hydrogen-bond acceptors (Lipinski definition) is 5. The molecule has 1 saturated carbocycles. The van der Waals surface area contributed by atoms with Crippen molar-refractivity contribution in [2.75, 3.05) is 34.5 Å². The summed E-state index contributed by atoms with van der Waals surface area (Å²) in [5, 5.41) is 3.26. The van der Waals surface area contributed by atoms with E-state index < -0.39 is 0 Å². The van der Waals surface area contributed by atoms with Gasteiger partial charge >= 0.3 is 0 Å². The summed E-state index contributed by atoms with van der Waals surface area (Å²) >= 11 is 0. The normalized spacial score (nSPS) is 24.6. The third-order valence-electron chi connectivity index (χ3n) is 3.84. The summed E-state index contributed by atoms with van der Waals surface area (Å²) in [7, 11) is 5.30. The van der Waals surface area contributed by atoms with Gasteiger partial charge in [0, 0.05) is 13.2 Å². The van der Waals surface area contributed by atoms with Gasteiger partial charge in [-0.3, -0.25) is 0 Å². The van der Waals surface area contributed by atoms with Gasteiger partial charge in [-0.05, 0) is 31.2 Å². The molecule has 21 heavy (non-hydrogen) atoms. The van der Waals surface area contributed by atoms with Gasteiger partial charge < -0.3 is 24.3 Å². The third kappa shape index (κ3) is 4.41. The Hall–Kier alpha value is -1.14. The molecule has 1 aromatic carbocycles. The second kappa shape index (κ2) is 8.34. The predicted octanol–water partition coefficient (Wildman–Crippen LogP) is 1.60. The Morgan fingerprint density at radius 2 is 1.86 bits per heavy atom. The van der Waals surface area contributed by atoms with Crippen LogP contribution in [-0.2, 0) is 20.8 Å². The minimum absolute atomic E-state index is 0.100. The Kier molecular flexibility index (Phi) is 6.45. The quantitative estimate of drug-likeness (QED) is 0.701. The zero-order chi connectivity index (χ0) is 15.1. The molecule has 1 N–H and O–H groups in total. The van der Waals surface area contributed by atoms with Crippen LogP contribution in [-0.4, -0.2) is 52.7 Å². The number of rotatable bonds is 9. The summed E-state index contributed by atoms with van der Waals surface area (Å²) in [6.07, 6.45) is 1.22. The molecule has 0 amide bonds. The molecule has 1 aliphatic rings. The van der Waals surface area contributed by atoms with Crippen molar-refractivity contribution in [1.82, 2.24) is 5.32 Å². The first-order chi connectivity index (χ1) is 10.3. The Morgan fingerprint density at radius 1 is 1.10 bits per heavy atom. The van der Waals surface area contributed by atoms with Crippen LogP contribution in [0.2, 0.25) is 0 Å². The zero-order valence-electron chi connectivity index (χ0n) is 13.0. The fraction of sp³-hybridized carbons (Fsp3) is 0.625. The summed E-state index contributed by atoms with van der Waals surface area (Å²) in [4.78, 5) is 0. The van der Waals surface area contributed by atoms with E-state index in [0.29, 0.717) is 25.9 Å². The lowest BCUT2D eigenvalue weighted by Gasteiger charge is -2.43. The Bertz CT molecular complexity index is 409. The number of ether oxygens (including phenoxy) is 4. The highest BCUT2D eigenvalue weighted by Crippen LogP contribution is 2.28. The van der Waals surface area contributed by atoms with Gasteiger partial charge in [-0.15, -0.1) is 0 Å². The smallest absolute Gasteiger partial charge is 0.118 e. The highest BCUT2D eigenvalue weighted by atomic mass is 16.6. The van der Waals surface area contributed by atoms with E-state index in [9.17, 15) is 0 Å². The van der Waals surface area contributed by atoms with Crippen LogP contribution in [0.1, 0.15) is 12.0 Å². The molecule has 5 heteroatoms. The Morgan fingerprint density at radius 3 is 2.48 bits per heavy atom. The number of nitrogens with one attached hydrogen (secondary N) is 1. The SMILES string of the molecule is CNC1CC(OCc2ccc(OC)cc2)C1OCCOC. The molecule has 0 spiro atoms. The van der Waals surface area contributed by atoms with Gasteiger partial charge in [-0.1, -0.05) is 12.1 Å². The lowest BCUT2D eigenvalue weighted by molar-refractivity contribution is -0.155. The second-order valence-electron chi connectivity index (χ2n) is 5.16. The largest absolute Gasteiger partial charge is 0.497 e. The van der Waals surface area contributed by atoms with E-state index in [4.69, 9.17) is 18.9 Å². The van der Waals surface area contributed by atoms with Gasteiger partial charge in [0.15, 0.2) is 0 Å². The van der Waals surface area contributed by atoms with E-state index >= 15 is 0 Å². The standard InChI is InChI=1S/C16H25NO4/c1-17-14-10-15(16(14)20-9-8-18-2)21-11-12-4-6-13(19-3)7-5-12/h4-7,14-17H,8-11H2,1-3H3. The van der Waals surface area contributed by atoms with Gasteiger partial charge in [0.25, 0.3) is 0 Å². The van der Waals surface area contributed by atoms with Crippen LogP contribution in [0, 0.1) is 0 Å². The molecule has 0 radical (unpaired) electrons. The summed E-state index contributed by atoms with van der Waals surface area (Å²) in [6, 6.07) is 8.30. The van der Waals surface area contributed by atoms with Gasteiger partial charge in [0.05, 0.1) is 39.1 Å². The van der Waals surface area contributed by atoms with Crippen molar-refractivity contribution in [3.8, 4) is 5.75 Å². The number of methoxy groups -OCH3 is 2. The maximum absolute atomic E-state index is 5.97. The molecule has 5 nitrogen and oxygen atoms in total. The van der Waals surface area contributed by atoms with E-state index in [1.807, 2.05) is 31.3 Å². The number of benzene rings is 1. The monoisotopic (exact) mass is 295 g/mol. The van der Waals surface area contributed by atoms with Gasteiger partial charge in [-0.25, -0.2) is 0 Å². The Labute approximate surface area is 126 Å². The average Bonchev–Trinajstić information content (AvgIpc) is 2.51. The minimum atomic E-state index is 0.100. The molecule has 0 heterocycles. The van der Waals surface area contributed by atoms with Crippen LogP contribution >= 0.6 is 0 Å². The lowest BCUT2D eigenvalue weighted by Crippen LogP contribution is -2.59. The molecule has 3 unspecified atom stereocenters. The van der Waals surface area contributed by atoms with Crippen molar-refractivity contribution in [2.24, 2.45) is 0 Å². The molecule has 0 aromatic heterocycles. The van der Waals surface area contributed by atoms with Crippen LogP contribution in [0.3, 0.4) is 0 Å². The van der Waals surface area contributed by atoms with Crippen LogP contribution in [0.5, 0.6) is 5.75 Å². The molecule has 1 fully saturated rings. The molecule has 118 valence electrons. The van der Waals surface area contributed by atoms with Crippen LogP contribution in [0.4, 0.5) is 0 Å². The number of hydrogen-bond donors (Lipinski definition) is 1. The maximum Gasteiger partial charge on any atom is 0.118 e. The van der Waals surface area contributed by atoms with Crippen LogP contribution in [0.25, 0.3) is 0 Å². The molecule has 0 saturated heterocycles. The molecule has 1 aliphatic carbocycles. The molecule has 2 rings (SSSR count). The first-order valence-corrected chi connectivity index (χ1v) is 7.30. The van der Waals surface area contributed by atoms with Crippen molar-refractivity contribution in [1.29, 1.82) is 0 Å². The zero-order valence-corrected chi connectivity index (χ0v) is 13.0. The highest BCUT2D eigenvalue weighted by Gasteiger charge is 2.41. The predicted molar refractivity (Wildman–Crippen MR) is 80.7 cm³/mol. The molecule has 0 aliphatic heterocycles. The first-order valence-electron chi connectivity index (χ1n) is 7.30. The van der Waals surface area contributed by atoms with E-state index in [0.717, 1.165) is 17.7 Å². The fourth-order valence-electron chi connectivity index (χ4n) is 2.44. The van der Waals surface area contributed by atoms with Gasteiger partial charge in [0.1, 0.15) is 5.75 Å². The van der Waals surface area contributed by atoms with Crippen molar-refractivity contribution in [3.63, 3.8) is 0 Å². The van der Waals surface area contributed by atoms with E-state index in [-0.39, 0.29) is 12.2 Å². The molecule has 0 bridgehead atoms.